The fraction of sp³-hybridized carbons (Fsp3) is 0.231. The van der Waals surface area contributed by atoms with Gasteiger partial charge in [-0.05, 0) is 36.9 Å². The Balaban J connectivity index is 2.35. The molecule has 0 radical (unpaired) electrons. The van der Waals surface area contributed by atoms with E-state index >= 15 is 0 Å². The first-order valence-corrected chi connectivity index (χ1v) is 5.68. The van der Waals surface area contributed by atoms with Gasteiger partial charge in [-0.2, -0.15) is 0 Å². The number of hydrogen-bond donors (Lipinski definition) is 1. The van der Waals surface area contributed by atoms with Crippen LogP contribution >= 0.6 is 11.6 Å². The second-order valence-electron chi connectivity index (χ2n) is 3.63. The van der Waals surface area contributed by atoms with Crippen molar-refractivity contribution in [2.24, 2.45) is 0 Å². The lowest BCUT2D eigenvalue weighted by atomic mass is 10.0. The zero-order chi connectivity index (χ0) is 12.3. The quantitative estimate of drug-likeness (QED) is 0.906. The number of ether oxygens (including phenoxy) is 1. The summed E-state index contributed by atoms with van der Waals surface area (Å²) in [5, 5.41) is 3.79. The van der Waals surface area contributed by atoms with Gasteiger partial charge in [0, 0.05) is 0 Å². The predicted octanol–water partition coefficient (Wildman–Crippen LogP) is 3.25. The van der Waals surface area contributed by atoms with Crippen LogP contribution in [-0.2, 0) is 0 Å². The van der Waals surface area contributed by atoms with Crippen LogP contribution in [-0.4, -0.2) is 14.2 Å². The zero-order valence-corrected chi connectivity index (χ0v) is 10.5. The molecular weight excluding hydrogens is 238 g/mol. The molecule has 4 heteroatoms. The minimum absolute atomic E-state index is 0.00611. The first kappa shape index (κ1) is 12.0. The SMILES string of the molecule is CNC(c1ccc(OC)c(Cl)c1)c1ccco1. The Labute approximate surface area is 105 Å². The summed E-state index contributed by atoms with van der Waals surface area (Å²) in [6.07, 6.45) is 1.66. The third-order valence-corrected chi connectivity index (χ3v) is 2.92. The van der Waals surface area contributed by atoms with E-state index in [4.69, 9.17) is 20.8 Å². The Kier molecular flexibility index (Phi) is 3.71. The summed E-state index contributed by atoms with van der Waals surface area (Å²) in [6, 6.07) is 9.49. The van der Waals surface area contributed by atoms with Gasteiger partial charge >= 0.3 is 0 Å². The maximum atomic E-state index is 6.11. The van der Waals surface area contributed by atoms with Crippen LogP contribution in [0.25, 0.3) is 0 Å². The van der Waals surface area contributed by atoms with E-state index in [2.05, 4.69) is 5.32 Å². The van der Waals surface area contributed by atoms with Crippen LogP contribution in [0.4, 0.5) is 0 Å². The number of rotatable bonds is 4. The lowest BCUT2D eigenvalue weighted by molar-refractivity contribution is 0.414. The predicted molar refractivity (Wildman–Crippen MR) is 67.6 cm³/mol. The molecule has 1 aromatic heterocycles. The molecule has 1 heterocycles. The number of halogens is 1. The fourth-order valence-corrected chi connectivity index (χ4v) is 2.06. The molecule has 2 rings (SSSR count). The summed E-state index contributed by atoms with van der Waals surface area (Å²) in [5.41, 5.74) is 1.04. The van der Waals surface area contributed by atoms with Crippen molar-refractivity contribution in [3.05, 3.63) is 52.9 Å². The first-order valence-electron chi connectivity index (χ1n) is 5.30. The highest BCUT2D eigenvalue weighted by Gasteiger charge is 2.15. The molecule has 0 aliphatic heterocycles. The Morgan fingerprint density at radius 2 is 2.18 bits per heavy atom. The van der Waals surface area contributed by atoms with Gasteiger partial charge in [0.25, 0.3) is 0 Å². The van der Waals surface area contributed by atoms with Crippen molar-refractivity contribution in [1.82, 2.24) is 5.32 Å². The molecule has 3 nitrogen and oxygen atoms in total. The molecule has 0 bridgehead atoms. The molecule has 90 valence electrons. The number of furan rings is 1. The van der Waals surface area contributed by atoms with Gasteiger partial charge in [0.1, 0.15) is 11.5 Å². The minimum atomic E-state index is -0.00611. The van der Waals surface area contributed by atoms with Crippen LogP contribution in [0.2, 0.25) is 5.02 Å². The van der Waals surface area contributed by atoms with Gasteiger partial charge in [-0.1, -0.05) is 17.7 Å². The van der Waals surface area contributed by atoms with Crippen molar-refractivity contribution in [3.63, 3.8) is 0 Å². The van der Waals surface area contributed by atoms with E-state index in [0.29, 0.717) is 10.8 Å². The van der Waals surface area contributed by atoms with Gasteiger partial charge in [-0.15, -0.1) is 0 Å². The maximum Gasteiger partial charge on any atom is 0.137 e. The third-order valence-electron chi connectivity index (χ3n) is 2.63. The van der Waals surface area contributed by atoms with Crippen molar-refractivity contribution >= 4 is 11.6 Å². The molecule has 2 aromatic rings. The molecule has 1 unspecified atom stereocenters. The second-order valence-corrected chi connectivity index (χ2v) is 4.04. The smallest absolute Gasteiger partial charge is 0.137 e. The Morgan fingerprint density at radius 3 is 2.71 bits per heavy atom. The largest absolute Gasteiger partial charge is 0.495 e. The molecule has 17 heavy (non-hydrogen) atoms. The van der Waals surface area contributed by atoms with Gasteiger partial charge in [0.15, 0.2) is 0 Å². The first-order chi connectivity index (χ1) is 8.26. The lowest BCUT2D eigenvalue weighted by Crippen LogP contribution is -2.16. The third kappa shape index (κ3) is 2.46. The van der Waals surface area contributed by atoms with Gasteiger partial charge in [-0.25, -0.2) is 0 Å². The number of benzene rings is 1. The standard InChI is InChI=1S/C13H14ClNO2/c1-15-13(12-4-3-7-17-12)9-5-6-11(16-2)10(14)8-9/h3-8,13,15H,1-2H3. The van der Waals surface area contributed by atoms with Crippen molar-refractivity contribution in [2.45, 2.75) is 6.04 Å². The van der Waals surface area contributed by atoms with E-state index < -0.39 is 0 Å². The topological polar surface area (TPSA) is 34.4 Å². The molecule has 0 fully saturated rings. The summed E-state index contributed by atoms with van der Waals surface area (Å²) < 4.78 is 10.5. The van der Waals surface area contributed by atoms with Crippen LogP contribution in [0.1, 0.15) is 17.4 Å². The molecule has 1 aromatic carbocycles. The van der Waals surface area contributed by atoms with Crippen molar-refractivity contribution in [3.8, 4) is 5.75 Å². The van der Waals surface area contributed by atoms with Crippen LogP contribution in [0, 0.1) is 0 Å². The molecule has 0 saturated heterocycles. The molecule has 0 spiro atoms. The minimum Gasteiger partial charge on any atom is -0.495 e. The van der Waals surface area contributed by atoms with Crippen LogP contribution < -0.4 is 10.1 Å². The van der Waals surface area contributed by atoms with E-state index in [1.54, 1.807) is 13.4 Å². The van der Waals surface area contributed by atoms with Gasteiger partial charge in [-0.3, -0.25) is 0 Å². The van der Waals surface area contributed by atoms with Crippen LogP contribution in [0.5, 0.6) is 5.75 Å². The highest BCUT2D eigenvalue weighted by Crippen LogP contribution is 2.30. The van der Waals surface area contributed by atoms with Crippen molar-refractivity contribution in [1.29, 1.82) is 0 Å². The fourth-order valence-electron chi connectivity index (χ4n) is 1.79. The molecule has 0 saturated carbocycles. The normalized spacial score (nSPS) is 12.4. The highest BCUT2D eigenvalue weighted by atomic mass is 35.5. The number of nitrogens with one attached hydrogen (secondary N) is 1. The molecular formula is C13H14ClNO2. The summed E-state index contributed by atoms with van der Waals surface area (Å²) >= 11 is 6.11. The molecule has 1 atom stereocenters. The van der Waals surface area contributed by atoms with E-state index in [1.165, 1.54) is 0 Å². The summed E-state index contributed by atoms with van der Waals surface area (Å²) in [6.45, 7) is 0. The Hall–Kier alpha value is -1.45. The second kappa shape index (κ2) is 5.25. The monoisotopic (exact) mass is 251 g/mol. The van der Waals surface area contributed by atoms with E-state index in [-0.39, 0.29) is 6.04 Å². The van der Waals surface area contributed by atoms with E-state index in [0.717, 1.165) is 11.3 Å². The van der Waals surface area contributed by atoms with Crippen molar-refractivity contribution in [2.75, 3.05) is 14.2 Å². The summed E-state index contributed by atoms with van der Waals surface area (Å²) in [7, 11) is 3.48. The summed E-state index contributed by atoms with van der Waals surface area (Å²) in [5.74, 6) is 1.53. The number of methoxy groups -OCH3 is 1. The molecule has 0 aliphatic carbocycles. The molecule has 0 aliphatic rings. The van der Waals surface area contributed by atoms with Gasteiger partial charge in [0.05, 0.1) is 24.4 Å². The maximum absolute atomic E-state index is 6.11. The summed E-state index contributed by atoms with van der Waals surface area (Å²) in [4.78, 5) is 0. The van der Waals surface area contributed by atoms with E-state index in [9.17, 15) is 0 Å². The average molecular weight is 252 g/mol. The van der Waals surface area contributed by atoms with E-state index in [1.807, 2.05) is 37.4 Å². The van der Waals surface area contributed by atoms with Gasteiger partial charge in [0.2, 0.25) is 0 Å². The highest BCUT2D eigenvalue weighted by molar-refractivity contribution is 6.32. The number of hydrogen-bond acceptors (Lipinski definition) is 3. The Morgan fingerprint density at radius 1 is 1.35 bits per heavy atom. The molecule has 0 amide bonds. The zero-order valence-electron chi connectivity index (χ0n) is 9.74. The van der Waals surface area contributed by atoms with Crippen molar-refractivity contribution < 1.29 is 9.15 Å². The van der Waals surface area contributed by atoms with Crippen LogP contribution in [0.3, 0.4) is 0 Å². The van der Waals surface area contributed by atoms with Gasteiger partial charge < -0.3 is 14.5 Å². The lowest BCUT2D eigenvalue weighted by Gasteiger charge is -2.15. The Bertz CT molecular complexity index is 482. The van der Waals surface area contributed by atoms with Crippen LogP contribution in [0.15, 0.2) is 41.0 Å². The average Bonchev–Trinajstić information content (AvgIpc) is 2.84. The molecule has 1 N–H and O–H groups in total.